The van der Waals surface area contributed by atoms with Crippen LogP contribution in [0.15, 0.2) is 24.3 Å². The van der Waals surface area contributed by atoms with Crippen LogP contribution in [0.5, 0.6) is 5.75 Å². The first-order chi connectivity index (χ1) is 9.25. The SMILES string of the molecule is COc1ccc(C(=O)N(C)[C@](C)(C(N)=O)C(C)C)cc1. The summed E-state index contributed by atoms with van der Waals surface area (Å²) in [6.07, 6.45) is 0. The van der Waals surface area contributed by atoms with Crippen LogP contribution in [0.2, 0.25) is 0 Å². The molecule has 0 saturated heterocycles. The van der Waals surface area contributed by atoms with Crippen molar-refractivity contribution in [1.82, 2.24) is 4.90 Å². The van der Waals surface area contributed by atoms with Gasteiger partial charge in [0, 0.05) is 12.6 Å². The fourth-order valence-electron chi connectivity index (χ4n) is 1.98. The van der Waals surface area contributed by atoms with Gasteiger partial charge in [-0.25, -0.2) is 0 Å². The molecule has 0 spiro atoms. The van der Waals surface area contributed by atoms with Gasteiger partial charge in [-0.3, -0.25) is 9.59 Å². The number of benzene rings is 1. The van der Waals surface area contributed by atoms with E-state index in [4.69, 9.17) is 10.5 Å². The number of carbonyl (C=O) groups is 2. The molecule has 5 heteroatoms. The van der Waals surface area contributed by atoms with Crippen molar-refractivity contribution in [3.63, 3.8) is 0 Å². The van der Waals surface area contributed by atoms with E-state index < -0.39 is 11.4 Å². The molecule has 0 aliphatic heterocycles. The number of hydrogen-bond donors (Lipinski definition) is 1. The van der Waals surface area contributed by atoms with Crippen molar-refractivity contribution < 1.29 is 14.3 Å². The van der Waals surface area contributed by atoms with Gasteiger partial charge in [0.05, 0.1) is 7.11 Å². The number of ether oxygens (including phenoxy) is 1. The van der Waals surface area contributed by atoms with Gasteiger partial charge in [-0.1, -0.05) is 13.8 Å². The lowest BCUT2D eigenvalue weighted by atomic mass is 9.85. The summed E-state index contributed by atoms with van der Waals surface area (Å²) >= 11 is 0. The smallest absolute Gasteiger partial charge is 0.254 e. The number of hydrogen-bond acceptors (Lipinski definition) is 3. The predicted molar refractivity (Wildman–Crippen MR) is 77.5 cm³/mol. The summed E-state index contributed by atoms with van der Waals surface area (Å²) in [6, 6.07) is 6.74. The van der Waals surface area contributed by atoms with Crippen molar-refractivity contribution in [2.75, 3.05) is 14.2 Å². The number of likely N-dealkylation sites (N-methyl/N-ethyl adjacent to an activating group) is 1. The maximum Gasteiger partial charge on any atom is 0.254 e. The van der Waals surface area contributed by atoms with Crippen molar-refractivity contribution in [3.8, 4) is 5.75 Å². The molecule has 1 atom stereocenters. The van der Waals surface area contributed by atoms with E-state index >= 15 is 0 Å². The molecule has 0 aromatic heterocycles. The van der Waals surface area contributed by atoms with Crippen molar-refractivity contribution in [1.29, 1.82) is 0 Å². The van der Waals surface area contributed by atoms with Crippen LogP contribution in [-0.4, -0.2) is 36.4 Å². The summed E-state index contributed by atoms with van der Waals surface area (Å²) in [5.41, 5.74) is 4.94. The lowest BCUT2D eigenvalue weighted by molar-refractivity contribution is -0.129. The Morgan fingerprint density at radius 2 is 1.75 bits per heavy atom. The number of amides is 2. The van der Waals surface area contributed by atoms with Crippen LogP contribution in [-0.2, 0) is 4.79 Å². The summed E-state index contributed by atoms with van der Waals surface area (Å²) < 4.78 is 5.05. The Kier molecular flexibility index (Phi) is 4.76. The van der Waals surface area contributed by atoms with E-state index in [-0.39, 0.29) is 11.8 Å². The Balaban J connectivity index is 3.08. The zero-order chi connectivity index (χ0) is 15.5. The highest BCUT2D eigenvalue weighted by molar-refractivity contribution is 5.98. The van der Waals surface area contributed by atoms with Crippen molar-refractivity contribution in [2.24, 2.45) is 11.7 Å². The van der Waals surface area contributed by atoms with Gasteiger partial charge in [0.2, 0.25) is 5.91 Å². The molecule has 1 aromatic carbocycles. The van der Waals surface area contributed by atoms with Gasteiger partial charge in [-0.15, -0.1) is 0 Å². The first-order valence-corrected chi connectivity index (χ1v) is 6.47. The summed E-state index contributed by atoms with van der Waals surface area (Å²) in [5.74, 6) is -0.183. The molecule has 0 bridgehead atoms. The molecule has 0 radical (unpaired) electrons. The first kappa shape index (κ1) is 16.0. The Bertz CT molecular complexity index is 496. The first-order valence-electron chi connectivity index (χ1n) is 6.47. The quantitative estimate of drug-likeness (QED) is 0.890. The highest BCUT2D eigenvalue weighted by atomic mass is 16.5. The van der Waals surface area contributed by atoms with Gasteiger partial charge in [0.25, 0.3) is 5.91 Å². The van der Waals surface area contributed by atoms with Gasteiger partial charge in [-0.05, 0) is 37.1 Å². The molecule has 2 N–H and O–H groups in total. The molecule has 5 nitrogen and oxygen atoms in total. The monoisotopic (exact) mass is 278 g/mol. The number of nitrogens with two attached hydrogens (primary N) is 1. The fraction of sp³-hybridized carbons (Fsp3) is 0.467. The average molecular weight is 278 g/mol. The molecular weight excluding hydrogens is 256 g/mol. The molecule has 0 heterocycles. The van der Waals surface area contributed by atoms with Gasteiger partial charge >= 0.3 is 0 Å². The lowest BCUT2D eigenvalue weighted by Crippen LogP contribution is -2.59. The molecule has 1 aromatic rings. The van der Waals surface area contributed by atoms with Crippen LogP contribution in [0, 0.1) is 5.92 Å². The van der Waals surface area contributed by atoms with E-state index in [1.165, 1.54) is 4.90 Å². The van der Waals surface area contributed by atoms with Crippen molar-refractivity contribution in [3.05, 3.63) is 29.8 Å². The van der Waals surface area contributed by atoms with Gasteiger partial charge in [-0.2, -0.15) is 0 Å². The molecule has 20 heavy (non-hydrogen) atoms. The van der Waals surface area contributed by atoms with Gasteiger partial charge in [0.1, 0.15) is 11.3 Å². The topological polar surface area (TPSA) is 72.6 Å². The normalized spacial score (nSPS) is 13.7. The minimum Gasteiger partial charge on any atom is -0.497 e. The van der Waals surface area contributed by atoms with Gasteiger partial charge < -0.3 is 15.4 Å². The zero-order valence-electron chi connectivity index (χ0n) is 12.6. The van der Waals surface area contributed by atoms with Crippen LogP contribution >= 0.6 is 0 Å². The highest BCUT2D eigenvalue weighted by Crippen LogP contribution is 2.25. The van der Waals surface area contributed by atoms with Crippen LogP contribution < -0.4 is 10.5 Å². The predicted octanol–water partition coefficient (Wildman–Crippen LogP) is 1.67. The summed E-state index contributed by atoms with van der Waals surface area (Å²) in [5, 5.41) is 0. The summed E-state index contributed by atoms with van der Waals surface area (Å²) in [7, 11) is 3.16. The third kappa shape index (κ3) is 2.76. The lowest BCUT2D eigenvalue weighted by Gasteiger charge is -2.39. The number of carbonyl (C=O) groups excluding carboxylic acids is 2. The second-order valence-electron chi connectivity index (χ2n) is 5.26. The number of primary amides is 1. The zero-order valence-corrected chi connectivity index (χ0v) is 12.6. The van der Waals surface area contributed by atoms with E-state index in [1.54, 1.807) is 45.3 Å². The Labute approximate surface area is 119 Å². The number of nitrogens with zero attached hydrogens (tertiary/aromatic N) is 1. The second-order valence-corrected chi connectivity index (χ2v) is 5.26. The van der Waals surface area contributed by atoms with E-state index in [1.807, 2.05) is 13.8 Å². The molecule has 110 valence electrons. The van der Waals surface area contributed by atoms with Crippen LogP contribution in [0.1, 0.15) is 31.1 Å². The van der Waals surface area contributed by atoms with E-state index in [9.17, 15) is 9.59 Å². The number of methoxy groups -OCH3 is 1. The highest BCUT2D eigenvalue weighted by Gasteiger charge is 2.41. The van der Waals surface area contributed by atoms with Crippen molar-refractivity contribution >= 4 is 11.8 Å². The third-order valence-corrected chi connectivity index (χ3v) is 3.96. The van der Waals surface area contributed by atoms with Crippen molar-refractivity contribution in [2.45, 2.75) is 26.3 Å². The van der Waals surface area contributed by atoms with Crippen LogP contribution in [0.4, 0.5) is 0 Å². The molecule has 0 aliphatic rings. The minimum absolute atomic E-state index is 0.0906. The fourth-order valence-corrected chi connectivity index (χ4v) is 1.98. The third-order valence-electron chi connectivity index (χ3n) is 3.96. The second kappa shape index (κ2) is 5.94. The summed E-state index contributed by atoms with van der Waals surface area (Å²) in [6.45, 7) is 5.41. The Morgan fingerprint density at radius 1 is 1.25 bits per heavy atom. The van der Waals surface area contributed by atoms with Gasteiger partial charge in [0.15, 0.2) is 0 Å². The molecule has 0 fully saturated rings. The molecule has 1 rings (SSSR count). The maximum atomic E-state index is 12.5. The van der Waals surface area contributed by atoms with Crippen LogP contribution in [0.25, 0.3) is 0 Å². The maximum absolute atomic E-state index is 12.5. The average Bonchev–Trinajstić information content (AvgIpc) is 2.44. The molecule has 0 unspecified atom stereocenters. The molecule has 2 amide bonds. The Morgan fingerprint density at radius 3 is 2.10 bits per heavy atom. The Hall–Kier alpha value is -2.04. The van der Waals surface area contributed by atoms with E-state index in [0.717, 1.165) is 0 Å². The summed E-state index contributed by atoms with van der Waals surface area (Å²) in [4.78, 5) is 25.6. The minimum atomic E-state index is -1.03. The largest absolute Gasteiger partial charge is 0.497 e. The van der Waals surface area contributed by atoms with E-state index in [2.05, 4.69) is 0 Å². The molecule has 0 aliphatic carbocycles. The van der Waals surface area contributed by atoms with E-state index in [0.29, 0.717) is 11.3 Å². The number of rotatable bonds is 5. The molecule has 0 saturated carbocycles. The standard InChI is InChI=1S/C15H22N2O3/c1-10(2)15(3,14(16)19)17(4)13(18)11-6-8-12(20-5)9-7-11/h6-10H,1-5H3,(H2,16,19)/t15-/m0/s1. The molecular formula is C15H22N2O3. The van der Waals surface area contributed by atoms with Crippen LogP contribution in [0.3, 0.4) is 0 Å².